The Kier molecular flexibility index (Phi) is 2.28. The van der Waals surface area contributed by atoms with E-state index in [1.807, 2.05) is 6.92 Å². The van der Waals surface area contributed by atoms with Crippen molar-refractivity contribution in [2.24, 2.45) is 11.3 Å². The maximum Gasteiger partial charge on any atom is 0.313 e. The molecule has 1 aliphatic heterocycles. The minimum absolute atomic E-state index is 0.0226. The molecule has 2 unspecified atom stereocenters. The topological polar surface area (TPSA) is 38.3 Å². The third kappa shape index (κ3) is 1.46. The molecule has 0 bridgehead atoms. The first-order valence-corrected chi connectivity index (χ1v) is 5.17. The van der Waals surface area contributed by atoms with Crippen LogP contribution in [0.15, 0.2) is 0 Å². The Morgan fingerprint density at radius 3 is 3.31 bits per heavy atom. The van der Waals surface area contributed by atoms with E-state index in [-0.39, 0.29) is 11.4 Å². The summed E-state index contributed by atoms with van der Waals surface area (Å²) in [7, 11) is 0. The molecule has 2 rings (SSSR count). The second-order valence-corrected chi connectivity index (χ2v) is 4.10. The summed E-state index contributed by atoms with van der Waals surface area (Å²) in [5.74, 6) is 0.621. The van der Waals surface area contributed by atoms with Crippen LogP contribution in [-0.4, -0.2) is 25.7 Å². The molecular formula is C10H17NO2. The van der Waals surface area contributed by atoms with Gasteiger partial charge < -0.3 is 10.1 Å². The highest BCUT2D eigenvalue weighted by Crippen LogP contribution is 2.56. The zero-order chi connectivity index (χ0) is 9.31. The number of rotatable bonds is 2. The van der Waals surface area contributed by atoms with Gasteiger partial charge in [-0.3, -0.25) is 4.79 Å². The number of hydrogen-bond donors (Lipinski definition) is 1. The van der Waals surface area contributed by atoms with Crippen LogP contribution in [0.2, 0.25) is 0 Å². The molecule has 2 aliphatic rings. The standard InChI is InChI=1S/C10H17NO2/c1-2-13-9(12)10-6-8(10)4-3-5-11-7-10/h8,11H,2-7H2,1H3. The molecule has 0 amide bonds. The molecule has 2 fully saturated rings. The van der Waals surface area contributed by atoms with E-state index in [9.17, 15) is 4.79 Å². The van der Waals surface area contributed by atoms with Crippen molar-refractivity contribution in [3.63, 3.8) is 0 Å². The predicted octanol–water partition coefficient (Wildman–Crippen LogP) is 0.939. The quantitative estimate of drug-likeness (QED) is 0.647. The Morgan fingerprint density at radius 2 is 2.54 bits per heavy atom. The minimum atomic E-state index is -0.132. The Labute approximate surface area is 78.8 Å². The highest BCUT2D eigenvalue weighted by molar-refractivity contribution is 5.81. The van der Waals surface area contributed by atoms with Crippen molar-refractivity contribution >= 4 is 5.97 Å². The molecular weight excluding hydrogens is 166 g/mol. The van der Waals surface area contributed by atoms with E-state index in [1.165, 1.54) is 12.8 Å². The molecule has 1 saturated carbocycles. The molecule has 0 aromatic heterocycles. The molecule has 0 aromatic carbocycles. The van der Waals surface area contributed by atoms with Gasteiger partial charge in [-0.15, -0.1) is 0 Å². The van der Waals surface area contributed by atoms with Gasteiger partial charge in [0.25, 0.3) is 0 Å². The average molecular weight is 183 g/mol. The summed E-state index contributed by atoms with van der Waals surface area (Å²) in [4.78, 5) is 11.7. The van der Waals surface area contributed by atoms with E-state index >= 15 is 0 Å². The summed E-state index contributed by atoms with van der Waals surface area (Å²) in [5, 5.41) is 3.32. The first-order valence-electron chi connectivity index (χ1n) is 5.17. The second-order valence-electron chi connectivity index (χ2n) is 4.10. The summed E-state index contributed by atoms with van der Waals surface area (Å²) >= 11 is 0. The van der Waals surface area contributed by atoms with Crippen molar-refractivity contribution in [2.75, 3.05) is 19.7 Å². The largest absolute Gasteiger partial charge is 0.466 e. The summed E-state index contributed by atoms with van der Waals surface area (Å²) in [6, 6.07) is 0. The third-order valence-corrected chi connectivity index (χ3v) is 3.26. The third-order valence-electron chi connectivity index (χ3n) is 3.26. The SMILES string of the molecule is CCOC(=O)C12CNCCCC1C2. The molecule has 1 aliphatic carbocycles. The lowest BCUT2D eigenvalue weighted by atomic mass is 10.0. The van der Waals surface area contributed by atoms with Gasteiger partial charge >= 0.3 is 5.97 Å². The van der Waals surface area contributed by atoms with Crippen molar-refractivity contribution in [1.29, 1.82) is 0 Å². The van der Waals surface area contributed by atoms with E-state index in [0.717, 1.165) is 19.5 Å². The van der Waals surface area contributed by atoms with Crippen LogP contribution in [0.5, 0.6) is 0 Å². The lowest BCUT2D eigenvalue weighted by Gasteiger charge is -2.13. The fourth-order valence-corrected chi connectivity index (χ4v) is 2.36. The smallest absolute Gasteiger partial charge is 0.313 e. The van der Waals surface area contributed by atoms with Crippen molar-refractivity contribution in [2.45, 2.75) is 26.2 Å². The summed E-state index contributed by atoms with van der Waals surface area (Å²) in [5.41, 5.74) is -0.132. The number of carbonyl (C=O) groups excluding carboxylic acids is 1. The van der Waals surface area contributed by atoms with Gasteiger partial charge in [-0.25, -0.2) is 0 Å². The van der Waals surface area contributed by atoms with Crippen LogP contribution in [0.25, 0.3) is 0 Å². The highest BCUT2D eigenvalue weighted by atomic mass is 16.5. The fraction of sp³-hybridized carbons (Fsp3) is 0.900. The van der Waals surface area contributed by atoms with E-state index < -0.39 is 0 Å². The maximum absolute atomic E-state index is 11.7. The Bertz CT molecular complexity index is 217. The van der Waals surface area contributed by atoms with Crippen LogP contribution in [0.1, 0.15) is 26.2 Å². The van der Waals surface area contributed by atoms with Crippen molar-refractivity contribution in [3.05, 3.63) is 0 Å². The van der Waals surface area contributed by atoms with E-state index in [2.05, 4.69) is 5.32 Å². The van der Waals surface area contributed by atoms with Crippen LogP contribution < -0.4 is 5.32 Å². The average Bonchev–Trinajstić information content (AvgIpc) is 2.77. The van der Waals surface area contributed by atoms with E-state index in [0.29, 0.717) is 12.5 Å². The first-order chi connectivity index (χ1) is 6.29. The summed E-state index contributed by atoms with van der Waals surface area (Å²) in [6.07, 6.45) is 3.43. The van der Waals surface area contributed by atoms with Gasteiger partial charge in [0.05, 0.1) is 12.0 Å². The molecule has 3 nitrogen and oxygen atoms in total. The van der Waals surface area contributed by atoms with Gasteiger partial charge in [-0.1, -0.05) is 0 Å². The molecule has 3 heteroatoms. The number of fused-ring (bicyclic) bond motifs is 1. The van der Waals surface area contributed by atoms with Gasteiger partial charge in [0.2, 0.25) is 0 Å². The number of esters is 1. The Hall–Kier alpha value is -0.570. The molecule has 0 aromatic rings. The van der Waals surface area contributed by atoms with Gasteiger partial charge in [-0.05, 0) is 38.6 Å². The highest BCUT2D eigenvalue weighted by Gasteiger charge is 2.60. The molecule has 0 spiro atoms. The molecule has 0 radical (unpaired) electrons. The minimum Gasteiger partial charge on any atom is -0.466 e. The van der Waals surface area contributed by atoms with Gasteiger partial charge in [0.1, 0.15) is 0 Å². The molecule has 1 saturated heterocycles. The van der Waals surface area contributed by atoms with Crippen LogP contribution in [0.4, 0.5) is 0 Å². The number of carbonyl (C=O) groups is 1. The van der Waals surface area contributed by atoms with Crippen molar-refractivity contribution in [1.82, 2.24) is 5.32 Å². The maximum atomic E-state index is 11.7. The first kappa shape index (κ1) is 9.00. The Morgan fingerprint density at radius 1 is 1.69 bits per heavy atom. The molecule has 74 valence electrons. The van der Waals surface area contributed by atoms with Gasteiger partial charge in [-0.2, -0.15) is 0 Å². The zero-order valence-electron chi connectivity index (χ0n) is 8.14. The van der Waals surface area contributed by atoms with E-state index in [4.69, 9.17) is 4.74 Å². The van der Waals surface area contributed by atoms with Crippen LogP contribution in [0, 0.1) is 11.3 Å². The lowest BCUT2D eigenvalue weighted by Crippen LogP contribution is -2.31. The number of nitrogens with one attached hydrogen (secondary N) is 1. The fourth-order valence-electron chi connectivity index (χ4n) is 2.36. The lowest BCUT2D eigenvalue weighted by molar-refractivity contribution is -0.150. The number of hydrogen-bond acceptors (Lipinski definition) is 3. The zero-order valence-corrected chi connectivity index (χ0v) is 8.14. The molecule has 1 heterocycles. The molecule has 1 N–H and O–H groups in total. The molecule has 2 atom stereocenters. The molecule has 13 heavy (non-hydrogen) atoms. The number of ether oxygens (including phenoxy) is 1. The van der Waals surface area contributed by atoms with E-state index in [1.54, 1.807) is 0 Å². The van der Waals surface area contributed by atoms with Crippen LogP contribution in [-0.2, 0) is 9.53 Å². The van der Waals surface area contributed by atoms with Crippen molar-refractivity contribution < 1.29 is 9.53 Å². The van der Waals surface area contributed by atoms with Crippen molar-refractivity contribution in [3.8, 4) is 0 Å². The second kappa shape index (κ2) is 3.29. The Balaban J connectivity index is 2.00. The summed E-state index contributed by atoms with van der Waals surface area (Å²) < 4.78 is 5.10. The van der Waals surface area contributed by atoms with Crippen LogP contribution in [0.3, 0.4) is 0 Å². The normalized spacial score (nSPS) is 37.5. The van der Waals surface area contributed by atoms with Gasteiger partial charge in [0.15, 0.2) is 0 Å². The van der Waals surface area contributed by atoms with Crippen LogP contribution >= 0.6 is 0 Å². The summed E-state index contributed by atoms with van der Waals surface area (Å²) in [6.45, 7) is 4.26. The monoisotopic (exact) mass is 183 g/mol. The van der Waals surface area contributed by atoms with Gasteiger partial charge in [0, 0.05) is 6.54 Å². The predicted molar refractivity (Wildman–Crippen MR) is 49.3 cm³/mol.